The summed E-state index contributed by atoms with van der Waals surface area (Å²) in [6, 6.07) is 13.4. The Kier molecular flexibility index (Phi) is 5.89. The molecule has 2 aromatic carbocycles. The number of benzene rings is 2. The number of hydrogen-bond acceptors (Lipinski definition) is 2. The highest BCUT2D eigenvalue weighted by Gasteiger charge is 2.05. The van der Waals surface area contributed by atoms with E-state index in [2.05, 4.69) is 69.4 Å². The van der Waals surface area contributed by atoms with Crippen molar-refractivity contribution in [2.75, 3.05) is 6.54 Å². The Hall–Kier alpha value is -1.25. The van der Waals surface area contributed by atoms with Crippen LogP contribution in [0.15, 0.2) is 41.3 Å². The molecule has 1 nitrogen and oxygen atoms in total. The molecule has 0 aromatic heterocycles. The third-order valence-electron chi connectivity index (χ3n) is 3.70. The molecule has 21 heavy (non-hydrogen) atoms. The molecule has 0 aliphatic carbocycles. The molecule has 0 aliphatic rings. The quantitative estimate of drug-likeness (QED) is 0.752. The lowest BCUT2D eigenvalue weighted by Crippen LogP contribution is -2.11. The van der Waals surface area contributed by atoms with Crippen molar-refractivity contribution in [3.63, 3.8) is 0 Å². The van der Waals surface area contributed by atoms with Crippen LogP contribution in [-0.2, 0) is 12.3 Å². The first-order valence-corrected chi connectivity index (χ1v) is 8.58. The topological polar surface area (TPSA) is 12.0 Å². The first-order valence-electron chi connectivity index (χ1n) is 7.59. The van der Waals surface area contributed by atoms with Gasteiger partial charge in [-0.25, -0.2) is 0 Å². The van der Waals surface area contributed by atoms with Crippen molar-refractivity contribution in [3.05, 3.63) is 64.2 Å². The lowest BCUT2D eigenvalue weighted by Gasteiger charge is -2.11. The van der Waals surface area contributed by atoms with Crippen molar-refractivity contribution in [3.8, 4) is 0 Å². The zero-order valence-corrected chi connectivity index (χ0v) is 14.3. The summed E-state index contributed by atoms with van der Waals surface area (Å²) in [5.74, 6) is 1.04. The van der Waals surface area contributed by atoms with E-state index >= 15 is 0 Å². The van der Waals surface area contributed by atoms with E-state index in [1.165, 1.54) is 32.7 Å². The van der Waals surface area contributed by atoms with Gasteiger partial charge in [-0.05, 0) is 61.7 Å². The van der Waals surface area contributed by atoms with Crippen molar-refractivity contribution in [2.45, 2.75) is 44.9 Å². The van der Waals surface area contributed by atoms with Crippen molar-refractivity contribution < 1.29 is 0 Å². The van der Waals surface area contributed by atoms with Crippen LogP contribution in [0.4, 0.5) is 0 Å². The van der Waals surface area contributed by atoms with Crippen LogP contribution < -0.4 is 5.32 Å². The molecule has 2 rings (SSSR count). The fourth-order valence-corrected chi connectivity index (χ4v) is 3.78. The number of rotatable bonds is 6. The summed E-state index contributed by atoms with van der Waals surface area (Å²) >= 11 is 1.93. The van der Waals surface area contributed by atoms with Gasteiger partial charge in [-0.3, -0.25) is 0 Å². The van der Waals surface area contributed by atoms with Crippen molar-refractivity contribution in [1.29, 1.82) is 0 Å². The maximum absolute atomic E-state index is 3.38. The summed E-state index contributed by atoms with van der Waals surface area (Å²) in [6.07, 6.45) is 0. The Balaban J connectivity index is 2.06. The molecule has 2 heteroatoms. The van der Waals surface area contributed by atoms with E-state index in [1.807, 2.05) is 11.8 Å². The van der Waals surface area contributed by atoms with E-state index in [0.29, 0.717) is 0 Å². The standard InChI is InChI=1S/C19H25NS/c1-5-20-12-17-7-6-8-18(11-17)21-13-19-15(3)9-14(2)10-16(19)4/h6-11,20H,5,12-13H2,1-4H3. The third kappa shape index (κ3) is 4.62. The molecule has 0 atom stereocenters. The molecule has 0 heterocycles. The molecule has 0 amide bonds. The van der Waals surface area contributed by atoms with E-state index in [1.54, 1.807) is 0 Å². The van der Waals surface area contributed by atoms with Gasteiger partial charge in [-0.1, -0.05) is 36.8 Å². The van der Waals surface area contributed by atoms with Gasteiger partial charge in [-0.2, -0.15) is 0 Å². The van der Waals surface area contributed by atoms with Gasteiger partial charge < -0.3 is 5.32 Å². The monoisotopic (exact) mass is 299 g/mol. The summed E-state index contributed by atoms with van der Waals surface area (Å²) in [6.45, 7) is 10.7. The Labute approximate surface area is 133 Å². The molecule has 112 valence electrons. The summed E-state index contributed by atoms with van der Waals surface area (Å²) < 4.78 is 0. The van der Waals surface area contributed by atoms with Crippen molar-refractivity contribution in [2.24, 2.45) is 0 Å². The summed E-state index contributed by atoms with van der Waals surface area (Å²) in [4.78, 5) is 1.35. The van der Waals surface area contributed by atoms with Crippen LogP contribution in [0, 0.1) is 20.8 Å². The number of thioether (sulfide) groups is 1. The highest BCUT2D eigenvalue weighted by molar-refractivity contribution is 7.98. The molecule has 0 aliphatic heterocycles. The summed E-state index contributed by atoms with van der Waals surface area (Å²) in [5, 5.41) is 3.38. The highest BCUT2D eigenvalue weighted by atomic mass is 32.2. The Bertz CT molecular complexity index is 581. The van der Waals surface area contributed by atoms with E-state index in [-0.39, 0.29) is 0 Å². The van der Waals surface area contributed by atoms with E-state index in [9.17, 15) is 0 Å². The average Bonchev–Trinajstić information content (AvgIpc) is 2.44. The predicted molar refractivity (Wildman–Crippen MR) is 94.0 cm³/mol. The molecular weight excluding hydrogens is 274 g/mol. The van der Waals surface area contributed by atoms with Crippen LogP contribution in [0.2, 0.25) is 0 Å². The molecule has 1 N–H and O–H groups in total. The van der Waals surface area contributed by atoms with Crippen LogP contribution in [0.5, 0.6) is 0 Å². The van der Waals surface area contributed by atoms with Gasteiger partial charge >= 0.3 is 0 Å². The van der Waals surface area contributed by atoms with Crippen LogP contribution in [0.25, 0.3) is 0 Å². The number of hydrogen-bond donors (Lipinski definition) is 1. The number of nitrogens with one attached hydrogen (secondary N) is 1. The summed E-state index contributed by atoms with van der Waals surface area (Å²) in [5.41, 5.74) is 7.00. The smallest absolute Gasteiger partial charge is 0.0237 e. The average molecular weight is 299 g/mol. The molecule has 0 saturated heterocycles. The maximum atomic E-state index is 3.38. The SMILES string of the molecule is CCNCc1cccc(SCc2c(C)cc(C)cc2C)c1. The van der Waals surface area contributed by atoms with Gasteiger partial charge in [0.05, 0.1) is 0 Å². The third-order valence-corrected chi connectivity index (χ3v) is 4.72. The molecule has 0 spiro atoms. The second-order valence-electron chi connectivity index (χ2n) is 5.59. The molecule has 0 radical (unpaired) electrons. The van der Waals surface area contributed by atoms with Crippen LogP contribution >= 0.6 is 11.8 Å². The number of aryl methyl sites for hydroxylation is 3. The zero-order chi connectivity index (χ0) is 15.2. The van der Waals surface area contributed by atoms with Gasteiger partial charge in [0.25, 0.3) is 0 Å². The fraction of sp³-hybridized carbons (Fsp3) is 0.368. The van der Waals surface area contributed by atoms with Gasteiger partial charge in [0.15, 0.2) is 0 Å². The largest absolute Gasteiger partial charge is 0.313 e. The minimum Gasteiger partial charge on any atom is -0.313 e. The summed E-state index contributed by atoms with van der Waals surface area (Å²) in [7, 11) is 0. The Morgan fingerprint density at radius 3 is 2.38 bits per heavy atom. The van der Waals surface area contributed by atoms with Gasteiger partial charge in [0, 0.05) is 17.2 Å². The van der Waals surface area contributed by atoms with E-state index < -0.39 is 0 Å². The normalized spacial score (nSPS) is 10.9. The van der Waals surface area contributed by atoms with Gasteiger partial charge in [-0.15, -0.1) is 11.8 Å². The van der Waals surface area contributed by atoms with E-state index in [4.69, 9.17) is 0 Å². The fourth-order valence-electron chi connectivity index (χ4n) is 2.61. The van der Waals surface area contributed by atoms with Crippen molar-refractivity contribution >= 4 is 11.8 Å². The second-order valence-corrected chi connectivity index (χ2v) is 6.64. The van der Waals surface area contributed by atoms with E-state index in [0.717, 1.165) is 18.8 Å². The highest BCUT2D eigenvalue weighted by Crippen LogP contribution is 2.27. The van der Waals surface area contributed by atoms with Crippen LogP contribution in [0.3, 0.4) is 0 Å². The maximum Gasteiger partial charge on any atom is 0.0237 e. The first kappa shape index (κ1) is 16.1. The minimum atomic E-state index is 0.952. The van der Waals surface area contributed by atoms with Crippen LogP contribution in [-0.4, -0.2) is 6.54 Å². The minimum absolute atomic E-state index is 0.952. The molecule has 0 fully saturated rings. The first-order chi connectivity index (χ1) is 10.1. The molecule has 2 aromatic rings. The zero-order valence-electron chi connectivity index (χ0n) is 13.5. The Morgan fingerprint density at radius 1 is 1.00 bits per heavy atom. The van der Waals surface area contributed by atoms with Gasteiger partial charge in [0.2, 0.25) is 0 Å². The predicted octanol–water partition coefficient (Wildman–Crippen LogP) is 5.01. The lowest BCUT2D eigenvalue weighted by atomic mass is 10.0. The molecule has 0 saturated carbocycles. The van der Waals surface area contributed by atoms with Crippen LogP contribution in [0.1, 0.15) is 34.7 Å². The molecular formula is C19H25NS. The molecule has 0 bridgehead atoms. The van der Waals surface area contributed by atoms with Gasteiger partial charge in [0.1, 0.15) is 0 Å². The second kappa shape index (κ2) is 7.67. The van der Waals surface area contributed by atoms with Crippen molar-refractivity contribution in [1.82, 2.24) is 5.32 Å². The Morgan fingerprint density at radius 2 is 1.71 bits per heavy atom. The lowest BCUT2D eigenvalue weighted by molar-refractivity contribution is 0.725. The molecule has 0 unspecified atom stereocenters.